The fraction of sp³-hybridized carbons (Fsp3) is 0.889. The van der Waals surface area contributed by atoms with Gasteiger partial charge in [0.05, 0.1) is 0 Å². The van der Waals surface area contributed by atoms with Crippen LogP contribution in [-0.2, 0) is 4.74 Å². The Morgan fingerprint density at radius 1 is 1.62 bits per heavy atom. The average molecular weight is 186 g/mol. The van der Waals surface area contributed by atoms with Crippen LogP contribution in [0.3, 0.4) is 0 Å². The smallest absolute Gasteiger partial charge is 0.407 e. The van der Waals surface area contributed by atoms with E-state index < -0.39 is 0 Å². The normalized spacial score (nSPS) is 27.2. The number of ether oxygens (including phenoxy) is 1. The van der Waals surface area contributed by atoms with Crippen molar-refractivity contribution >= 4 is 6.09 Å². The Morgan fingerprint density at radius 2 is 2.38 bits per heavy atom. The Labute approximate surface area is 78.8 Å². The van der Waals surface area contributed by atoms with Gasteiger partial charge in [0.25, 0.3) is 0 Å². The summed E-state index contributed by atoms with van der Waals surface area (Å²) in [6.45, 7) is 3.10. The number of hydrogen-bond donors (Lipinski definition) is 2. The third kappa shape index (κ3) is 2.88. The van der Waals surface area contributed by atoms with E-state index in [1.165, 1.54) is 0 Å². The second-order valence-corrected chi connectivity index (χ2v) is 3.40. The fourth-order valence-corrected chi connectivity index (χ4v) is 1.75. The molecule has 2 unspecified atom stereocenters. The SMILES string of the molecule is CCNC(=O)OC1CCCC1CN. The first kappa shape index (κ1) is 10.3. The summed E-state index contributed by atoms with van der Waals surface area (Å²) in [7, 11) is 0. The summed E-state index contributed by atoms with van der Waals surface area (Å²) < 4.78 is 5.23. The zero-order chi connectivity index (χ0) is 9.68. The second kappa shape index (κ2) is 5.07. The van der Waals surface area contributed by atoms with E-state index in [4.69, 9.17) is 10.5 Å². The van der Waals surface area contributed by atoms with E-state index in [9.17, 15) is 4.79 Å². The molecule has 0 aliphatic heterocycles. The van der Waals surface area contributed by atoms with Crippen molar-refractivity contribution in [3.8, 4) is 0 Å². The third-order valence-corrected chi connectivity index (χ3v) is 2.47. The minimum atomic E-state index is -0.312. The van der Waals surface area contributed by atoms with Gasteiger partial charge >= 0.3 is 6.09 Å². The predicted molar refractivity (Wildman–Crippen MR) is 50.3 cm³/mol. The van der Waals surface area contributed by atoms with Gasteiger partial charge in [0, 0.05) is 12.5 Å². The molecule has 4 nitrogen and oxygen atoms in total. The molecule has 1 aliphatic carbocycles. The number of alkyl carbamates (subject to hydrolysis) is 1. The molecular formula is C9H18N2O2. The lowest BCUT2D eigenvalue weighted by atomic mass is 10.1. The molecule has 2 atom stereocenters. The summed E-state index contributed by atoms with van der Waals surface area (Å²) in [5.41, 5.74) is 5.56. The summed E-state index contributed by atoms with van der Waals surface area (Å²) in [5.74, 6) is 0.364. The standard InChI is InChI=1S/C9H18N2O2/c1-2-11-9(12)13-8-5-3-4-7(8)6-10/h7-8H,2-6,10H2,1H3,(H,11,12). The Kier molecular flexibility index (Phi) is 4.02. The fourth-order valence-electron chi connectivity index (χ4n) is 1.75. The van der Waals surface area contributed by atoms with Gasteiger partial charge in [0.15, 0.2) is 0 Å². The molecule has 1 fully saturated rings. The zero-order valence-electron chi connectivity index (χ0n) is 8.08. The Bertz CT molecular complexity index is 173. The van der Waals surface area contributed by atoms with Crippen LogP contribution < -0.4 is 11.1 Å². The van der Waals surface area contributed by atoms with Crippen molar-refractivity contribution in [2.45, 2.75) is 32.3 Å². The van der Waals surface area contributed by atoms with Gasteiger partial charge in [0.2, 0.25) is 0 Å². The lowest BCUT2D eigenvalue weighted by Gasteiger charge is -2.18. The molecule has 1 amide bonds. The van der Waals surface area contributed by atoms with Crippen molar-refractivity contribution in [3.63, 3.8) is 0 Å². The summed E-state index contributed by atoms with van der Waals surface area (Å²) in [6, 6.07) is 0. The highest BCUT2D eigenvalue weighted by atomic mass is 16.6. The summed E-state index contributed by atoms with van der Waals surface area (Å²) in [6.07, 6.45) is 2.88. The van der Waals surface area contributed by atoms with Crippen molar-refractivity contribution in [2.24, 2.45) is 11.7 Å². The summed E-state index contributed by atoms with van der Waals surface area (Å²) in [4.78, 5) is 11.1. The first-order valence-electron chi connectivity index (χ1n) is 4.92. The molecule has 1 rings (SSSR count). The number of rotatable bonds is 3. The third-order valence-electron chi connectivity index (χ3n) is 2.47. The molecule has 0 radical (unpaired) electrons. The highest BCUT2D eigenvalue weighted by molar-refractivity contribution is 5.67. The maximum atomic E-state index is 11.1. The molecule has 0 saturated heterocycles. The first-order valence-corrected chi connectivity index (χ1v) is 4.92. The minimum Gasteiger partial charge on any atom is -0.446 e. The Hall–Kier alpha value is -0.770. The van der Waals surface area contributed by atoms with E-state index in [0.29, 0.717) is 19.0 Å². The van der Waals surface area contributed by atoms with Gasteiger partial charge < -0.3 is 15.8 Å². The second-order valence-electron chi connectivity index (χ2n) is 3.40. The van der Waals surface area contributed by atoms with E-state index in [2.05, 4.69) is 5.32 Å². The molecule has 0 bridgehead atoms. The molecule has 1 saturated carbocycles. The van der Waals surface area contributed by atoms with E-state index in [0.717, 1.165) is 19.3 Å². The van der Waals surface area contributed by atoms with Crippen LogP contribution >= 0.6 is 0 Å². The van der Waals surface area contributed by atoms with Crippen LogP contribution in [0.5, 0.6) is 0 Å². The van der Waals surface area contributed by atoms with Gasteiger partial charge in [-0.25, -0.2) is 4.79 Å². The molecule has 0 aromatic carbocycles. The molecule has 1 aliphatic rings. The number of nitrogens with two attached hydrogens (primary N) is 1. The van der Waals surface area contributed by atoms with E-state index >= 15 is 0 Å². The quantitative estimate of drug-likeness (QED) is 0.687. The average Bonchev–Trinajstić information content (AvgIpc) is 2.52. The van der Waals surface area contributed by atoms with Crippen LogP contribution in [0.2, 0.25) is 0 Å². The lowest BCUT2D eigenvalue weighted by Crippen LogP contribution is -2.32. The number of nitrogens with one attached hydrogen (secondary N) is 1. The molecule has 0 heterocycles. The maximum absolute atomic E-state index is 11.1. The van der Waals surface area contributed by atoms with Crippen molar-refractivity contribution in [3.05, 3.63) is 0 Å². The van der Waals surface area contributed by atoms with Crippen LogP contribution in [0.25, 0.3) is 0 Å². The van der Waals surface area contributed by atoms with Crippen molar-refractivity contribution in [1.29, 1.82) is 0 Å². The van der Waals surface area contributed by atoms with Gasteiger partial charge in [-0.1, -0.05) is 0 Å². The number of hydrogen-bond acceptors (Lipinski definition) is 3. The van der Waals surface area contributed by atoms with Crippen LogP contribution in [0, 0.1) is 5.92 Å². The molecule has 76 valence electrons. The Morgan fingerprint density at radius 3 is 3.00 bits per heavy atom. The molecular weight excluding hydrogens is 168 g/mol. The first-order chi connectivity index (χ1) is 6.27. The lowest BCUT2D eigenvalue weighted by molar-refractivity contribution is 0.0781. The van der Waals surface area contributed by atoms with Crippen molar-refractivity contribution in [1.82, 2.24) is 5.32 Å². The van der Waals surface area contributed by atoms with Gasteiger partial charge in [-0.05, 0) is 32.7 Å². The van der Waals surface area contributed by atoms with Crippen LogP contribution in [-0.4, -0.2) is 25.3 Å². The summed E-state index contributed by atoms with van der Waals surface area (Å²) >= 11 is 0. The van der Waals surface area contributed by atoms with Crippen molar-refractivity contribution in [2.75, 3.05) is 13.1 Å². The molecule has 4 heteroatoms. The number of carbonyl (C=O) groups is 1. The Balaban J connectivity index is 2.30. The van der Waals surface area contributed by atoms with Crippen LogP contribution in [0.15, 0.2) is 0 Å². The van der Waals surface area contributed by atoms with Gasteiger partial charge in [-0.2, -0.15) is 0 Å². The monoisotopic (exact) mass is 186 g/mol. The van der Waals surface area contributed by atoms with E-state index in [-0.39, 0.29) is 12.2 Å². The molecule has 0 aromatic rings. The predicted octanol–water partition coefficient (Wildman–Crippen LogP) is 0.860. The molecule has 13 heavy (non-hydrogen) atoms. The highest BCUT2D eigenvalue weighted by Crippen LogP contribution is 2.27. The highest BCUT2D eigenvalue weighted by Gasteiger charge is 2.28. The summed E-state index contributed by atoms with van der Waals surface area (Å²) in [5, 5.41) is 2.62. The number of amides is 1. The molecule has 0 aromatic heterocycles. The van der Waals surface area contributed by atoms with Gasteiger partial charge in [-0.3, -0.25) is 0 Å². The van der Waals surface area contributed by atoms with Crippen LogP contribution in [0.4, 0.5) is 4.79 Å². The van der Waals surface area contributed by atoms with Gasteiger partial charge in [0.1, 0.15) is 6.10 Å². The van der Waals surface area contributed by atoms with Gasteiger partial charge in [-0.15, -0.1) is 0 Å². The molecule has 3 N–H and O–H groups in total. The van der Waals surface area contributed by atoms with Crippen LogP contribution in [0.1, 0.15) is 26.2 Å². The minimum absolute atomic E-state index is 0.0385. The zero-order valence-corrected chi connectivity index (χ0v) is 8.08. The number of carbonyl (C=O) groups excluding carboxylic acids is 1. The maximum Gasteiger partial charge on any atom is 0.407 e. The largest absolute Gasteiger partial charge is 0.446 e. The van der Waals surface area contributed by atoms with E-state index in [1.54, 1.807) is 0 Å². The topological polar surface area (TPSA) is 64.3 Å². The van der Waals surface area contributed by atoms with E-state index in [1.807, 2.05) is 6.92 Å². The molecule has 0 spiro atoms. The van der Waals surface area contributed by atoms with Crippen molar-refractivity contribution < 1.29 is 9.53 Å².